The molecule has 22 heavy (non-hydrogen) atoms. The molecule has 5 nitrogen and oxygen atoms in total. The van der Waals surface area contributed by atoms with Crippen LogP contribution in [-0.4, -0.2) is 60.9 Å². The summed E-state index contributed by atoms with van der Waals surface area (Å²) in [6, 6.07) is 1.23. The molecule has 2 bridgehead atoms. The van der Waals surface area contributed by atoms with Crippen molar-refractivity contribution >= 4 is 24.2 Å². The van der Waals surface area contributed by atoms with Crippen LogP contribution in [0.25, 0.3) is 0 Å². The van der Waals surface area contributed by atoms with Gasteiger partial charge in [-0.15, -0.1) is 12.4 Å². The number of hydrogen-bond acceptors (Lipinski definition) is 3. The maximum Gasteiger partial charge on any atom is 0.241 e. The smallest absolute Gasteiger partial charge is 0.241 e. The Morgan fingerprint density at radius 3 is 2.18 bits per heavy atom. The summed E-state index contributed by atoms with van der Waals surface area (Å²) in [6.07, 6.45) is 6.24. The molecule has 0 radical (unpaired) electrons. The summed E-state index contributed by atoms with van der Waals surface area (Å²) in [5.74, 6) is 0.644. The summed E-state index contributed by atoms with van der Waals surface area (Å²) >= 11 is 0. The van der Waals surface area contributed by atoms with E-state index in [-0.39, 0.29) is 30.8 Å². The van der Waals surface area contributed by atoms with Crippen molar-refractivity contribution in [2.24, 2.45) is 5.92 Å². The molecule has 2 aliphatic rings. The van der Waals surface area contributed by atoms with Gasteiger partial charge in [0.05, 0.1) is 6.54 Å². The van der Waals surface area contributed by atoms with E-state index in [4.69, 9.17) is 0 Å². The number of nitrogens with zero attached hydrogens (tertiary/aromatic N) is 2. The fourth-order valence-electron chi connectivity index (χ4n) is 3.58. The van der Waals surface area contributed by atoms with Crippen LogP contribution >= 0.6 is 12.4 Å². The minimum Gasteiger partial charge on any atom is -0.347 e. The monoisotopic (exact) mass is 331 g/mol. The van der Waals surface area contributed by atoms with Crippen LogP contribution in [-0.2, 0) is 9.59 Å². The van der Waals surface area contributed by atoms with Gasteiger partial charge in [-0.1, -0.05) is 6.92 Å². The molecular formula is C16H30ClN3O2. The van der Waals surface area contributed by atoms with Crippen LogP contribution in [0.5, 0.6) is 0 Å². The zero-order valence-corrected chi connectivity index (χ0v) is 14.8. The first-order chi connectivity index (χ1) is 9.99. The van der Waals surface area contributed by atoms with E-state index in [1.807, 2.05) is 6.92 Å². The van der Waals surface area contributed by atoms with E-state index in [1.165, 1.54) is 12.8 Å². The van der Waals surface area contributed by atoms with Crippen molar-refractivity contribution in [1.82, 2.24) is 15.1 Å². The molecule has 2 aliphatic heterocycles. The van der Waals surface area contributed by atoms with Gasteiger partial charge in [0.25, 0.3) is 0 Å². The van der Waals surface area contributed by atoms with E-state index < -0.39 is 0 Å². The Kier molecular flexibility index (Phi) is 7.63. The number of carbonyl (C=O) groups is 2. The predicted octanol–water partition coefficient (Wildman–Crippen LogP) is 1.66. The van der Waals surface area contributed by atoms with Crippen molar-refractivity contribution in [3.63, 3.8) is 0 Å². The molecule has 0 aliphatic carbocycles. The normalized spacial score (nSPS) is 26.2. The fraction of sp³-hybridized carbons (Fsp3) is 0.875. The maximum absolute atomic E-state index is 12.5. The van der Waals surface area contributed by atoms with Crippen LogP contribution in [0.15, 0.2) is 0 Å². The zero-order chi connectivity index (χ0) is 15.4. The second-order valence-electron chi connectivity index (χ2n) is 6.78. The number of nitrogens with one attached hydrogen (secondary N) is 1. The van der Waals surface area contributed by atoms with Gasteiger partial charge in [0, 0.05) is 39.1 Å². The van der Waals surface area contributed by atoms with Crippen LogP contribution in [0.1, 0.15) is 45.4 Å². The van der Waals surface area contributed by atoms with Crippen molar-refractivity contribution in [2.75, 3.05) is 27.2 Å². The molecule has 1 N–H and O–H groups in total. The number of rotatable bonds is 6. The van der Waals surface area contributed by atoms with Gasteiger partial charge in [0.2, 0.25) is 11.8 Å². The molecule has 2 unspecified atom stereocenters. The summed E-state index contributed by atoms with van der Waals surface area (Å²) in [7, 11) is 3.48. The fourth-order valence-corrected chi connectivity index (χ4v) is 3.58. The third kappa shape index (κ3) is 5.13. The molecule has 2 amide bonds. The number of halogens is 1. The summed E-state index contributed by atoms with van der Waals surface area (Å²) in [5.41, 5.74) is 0. The topological polar surface area (TPSA) is 52.7 Å². The van der Waals surface area contributed by atoms with Crippen molar-refractivity contribution in [2.45, 2.75) is 57.5 Å². The summed E-state index contributed by atoms with van der Waals surface area (Å²) in [4.78, 5) is 27.7. The number of amides is 2. The van der Waals surface area contributed by atoms with Gasteiger partial charge in [0.15, 0.2) is 0 Å². The summed E-state index contributed by atoms with van der Waals surface area (Å²) in [5, 5.41) is 3.61. The number of fused-ring (bicyclic) bond motifs is 2. The first-order valence-electron chi connectivity index (χ1n) is 8.23. The van der Waals surface area contributed by atoms with Crippen LogP contribution < -0.4 is 5.32 Å². The highest BCUT2D eigenvalue weighted by Gasteiger charge is 2.34. The lowest BCUT2D eigenvalue weighted by Gasteiger charge is -2.31. The van der Waals surface area contributed by atoms with Gasteiger partial charge in [-0.05, 0) is 38.0 Å². The first kappa shape index (κ1) is 19.2. The second kappa shape index (κ2) is 8.73. The molecule has 2 heterocycles. The highest BCUT2D eigenvalue weighted by atomic mass is 35.5. The summed E-state index contributed by atoms with van der Waals surface area (Å²) in [6.45, 7) is 2.94. The molecule has 6 heteroatoms. The second-order valence-corrected chi connectivity index (χ2v) is 6.78. The van der Waals surface area contributed by atoms with Gasteiger partial charge in [-0.25, -0.2) is 0 Å². The predicted molar refractivity (Wildman–Crippen MR) is 90.1 cm³/mol. The molecular weight excluding hydrogens is 302 g/mol. The van der Waals surface area contributed by atoms with Crippen LogP contribution in [0.2, 0.25) is 0 Å². The molecule has 2 saturated heterocycles. The van der Waals surface area contributed by atoms with Crippen LogP contribution in [0.3, 0.4) is 0 Å². The first-order valence-corrected chi connectivity index (χ1v) is 8.23. The molecule has 128 valence electrons. The lowest BCUT2D eigenvalue weighted by atomic mass is 9.89. The molecule has 0 aromatic heterocycles. The minimum absolute atomic E-state index is 0. The van der Waals surface area contributed by atoms with Crippen molar-refractivity contribution < 1.29 is 9.59 Å². The largest absolute Gasteiger partial charge is 0.347 e. The van der Waals surface area contributed by atoms with E-state index in [0.29, 0.717) is 31.0 Å². The van der Waals surface area contributed by atoms with E-state index in [0.717, 1.165) is 19.3 Å². The quantitative estimate of drug-likeness (QED) is 0.805. The Hall–Kier alpha value is -0.810. The van der Waals surface area contributed by atoms with Gasteiger partial charge in [-0.2, -0.15) is 0 Å². The van der Waals surface area contributed by atoms with Crippen molar-refractivity contribution in [1.29, 1.82) is 0 Å². The number of carbonyl (C=O) groups excluding carboxylic acids is 2. The Morgan fingerprint density at radius 2 is 1.68 bits per heavy atom. The Labute approximate surface area is 140 Å². The molecule has 0 aromatic carbocycles. The molecule has 0 spiro atoms. The standard InChI is InChI=1S/C16H29N3O2.ClH/c1-4-7-19(11-16(21)18(2)3)15(20)10-12-8-13-5-6-14(9-12)17-13;/h12-14,17H,4-11H2,1-3H3;1H. The van der Waals surface area contributed by atoms with Gasteiger partial charge in [-0.3, -0.25) is 9.59 Å². The lowest BCUT2D eigenvalue weighted by molar-refractivity contribution is -0.140. The molecule has 0 saturated carbocycles. The van der Waals surface area contributed by atoms with E-state index in [1.54, 1.807) is 23.9 Å². The van der Waals surface area contributed by atoms with Crippen LogP contribution in [0.4, 0.5) is 0 Å². The van der Waals surface area contributed by atoms with Gasteiger partial charge < -0.3 is 15.1 Å². The van der Waals surface area contributed by atoms with E-state index >= 15 is 0 Å². The lowest BCUT2D eigenvalue weighted by Crippen LogP contribution is -2.43. The molecule has 2 fully saturated rings. The maximum atomic E-state index is 12.5. The van der Waals surface area contributed by atoms with Gasteiger partial charge >= 0.3 is 0 Å². The third-order valence-corrected chi connectivity index (χ3v) is 4.71. The number of hydrogen-bond donors (Lipinski definition) is 1. The van der Waals surface area contributed by atoms with Gasteiger partial charge in [0.1, 0.15) is 0 Å². The minimum atomic E-state index is 0. The zero-order valence-electron chi connectivity index (χ0n) is 14.0. The van der Waals surface area contributed by atoms with E-state index in [9.17, 15) is 9.59 Å². The molecule has 2 rings (SSSR count). The highest BCUT2D eigenvalue weighted by Crippen LogP contribution is 2.32. The Bertz CT molecular complexity index is 378. The average Bonchev–Trinajstić information content (AvgIpc) is 2.77. The molecule has 0 aromatic rings. The average molecular weight is 332 g/mol. The SMILES string of the molecule is CCCN(CC(=O)N(C)C)C(=O)CC1CC2CCC(C1)N2.Cl. The summed E-state index contributed by atoms with van der Waals surface area (Å²) < 4.78 is 0. The van der Waals surface area contributed by atoms with Crippen LogP contribution in [0, 0.1) is 5.92 Å². The van der Waals surface area contributed by atoms with E-state index in [2.05, 4.69) is 5.32 Å². The third-order valence-electron chi connectivity index (χ3n) is 4.71. The number of likely N-dealkylation sites (N-methyl/N-ethyl adjacent to an activating group) is 1. The van der Waals surface area contributed by atoms with Crippen molar-refractivity contribution in [3.8, 4) is 0 Å². The highest BCUT2D eigenvalue weighted by molar-refractivity contribution is 5.85. The number of piperidine rings is 1. The Morgan fingerprint density at radius 1 is 1.09 bits per heavy atom. The van der Waals surface area contributed by atoms with Crippen molar-refractivity contribution in [3.05, 3.63) is 0 Å². The molecule has 2 atom stereocenters. The Balaban J connectivity index is 0.00000242.